The Morgan fingerprint density at radius 1 is 0.875 bits per heavy atom. The molecule has 0 aliphatic rings. The van der Waals surface area contributed by atoms with Crippen LogP contribution in [0.5, 0.6) is 11.5 Å². The van der Waals surface area contributed by atoms with Gasteiger partial charge in [-0.1, -0.05) is 23.4 Å². The number of methoxy groups -OCH3 is 2. The minimum absolute atomic E-state index is 0.592. The third kappa shape index (κ3) is 4.81. The first-order valence-corrected chi connectivity index (χ1v) is 10.3. The highest BCUT2D eigenvalue weighted by Crippen LogP contribution is 2.29. The zero-order chi connectivity index (χ0) is 22.5. The van der Waals surface area contributed by atoms with E-state index in [1.165, 1.54) is 0 Å². The lowest BCUT2D eigenvalue weighted by Crippen LogP contribution is -2.22. The number of hydrogen-bond donors (Lipinski definition) is 0. The van der Waals surface area contributed by atoms with Gasteiger partial charge in [0.05, 0.1) is 32.0 Å². The second-order valence-corrected chi connectivity index (χ2v) is 7.69. The van der Waals surface area contributed by atoms with Crippen molar-refractivity contribution in [3.8, 4) is 11.5 Å². The maximum Gasteiger partial charge on any atom is 0.161 e. The van der Waals surface area contributed by atoms with Gasteiger partial charge in [-0.15, -0.1) is 0 Å². The van der Waals surface area contributed by atoms with Crippen LogP contribution < -0.4 is 14.4 Å². The van der Waals surface area contributed by atoms with Crippen LogP contribution in [0.2, 0.25) is 0 Å². The quantitative estimate of drug-likeness (QED) is 0.393. The van der Waals surface area contributed by atoms with Gasteiger partial charge in [-0.25, -0.2) is 9.97 Å². The molecule has 8 nitrogen and oxygen atoms in total. The lowest BCUT2D eigenvalue weighted by Gasteiger charge is -2.22. The molecule has 4 aromatic rings. The van der Waals surface area contributed by atoms with Crippen LogP contribution in [0, 0.1) is 0 Å². The fraction of sp³-hybridized carbons (Fsp3) is 0.292. The molecule has 0 N–H and O–H groups in total. The highest BCUT2D eigenvalue weighted by atomic mass is 16.5. The molecule has 2 heterocycles. The number of aromatic nitrogens is 3. The maximum absolute atomic E-state index is 5.45. The summed E-state index contributed by atoms with van der Waals surface area (Å²) in [6, 6.07) is 15.9. The van der Waals surface area contributed by atoms with Crippen LogP contribution in [-0.4, -0.2) is 48.3 Å². The minimum atomic E-state index is 0.592. The number of hydrogen-bond acceptors (Lipinski definition) is 8. The number of rotatable bonds is 9. The summed E-state index contributed by atoms with van der Waals surface area (Å²) >= 11 is 0. The third-order valence-electron chi connectivity index (χ3n) is 5.19. The fourth-order valence-electron chi connectivity index (χ4n) is 3.69. The van der Waals surface area contributed by atoms with E-state index in [0.717, 1.165) is 33.8 Å². The molecule has 0 aliphatic heterocycles. The van der Waals surface area contributed by atoms with Crippen molar-refractivity contribution in [2.45, 2.75) is 19.6 Å². The van der Waals surface area contributed by atoms with Crippen LogP contribution in [0.4, 0.5) is 5.82 Å². The predicted octanol–water partition coefficient (Wildman–Crippen LogP) is 3.90. The second kappa shape index (κ2) is 9.65. The Balaban J connectivity index is 1.60. The van der Waals surface area contributed by atoms with Gasteiger partial charge in [0.1, 0.15) is 17.9 Å². The number of nitrogens with zero attached hydrogens (tertiary/aromatic N) is 5. The van der Waals surface area contributed by atoms with E-state index in [1.54, 1.807) is 20.5 Å². The molecule has 2 aromatic heterocycles. The summed E-state index contributed by atoms with van der Waals surface area (Å²) in [6.45, 7) is 1.91. The number of ether oxygens (including phenoxy) is 2. The minimum Gasteiger partial charge on any atom is -0.493 e. The summed E-state index contributed by atoms with van der Waals surface area (Å²) in [6.07, 6.45) is 1.58. The second-order valence-electron chi connectivity index (χ2n) is 7.69. The molecule has 0 bridgehead atoms. The molecule has 0 aliphatic carbocycles. The zero-order valence-corrected chi connectivity index (χ0v) is 18.8. The normalized spacial score (nSPS) is 11.2. The molecule has 0 amide bonds. The molecule has 0 saturated heterocycles. The molecular weight excluding hydrogens is 406 g/mol. The molecule has 8 heteroatoms. The van der Waals surface area contributed by atoms with Gasteiger partial charge in [-0.3, -0.25) is 4.90 Å². The zero-order valence-electron chi connectivity index (χ0n) is 18.8. The number of benzene rings is 2. The smallest absolute Gasteiger partial charge is 0.161 e. The van der Waals surface area contributed by atoms with Crippen LogP contribution in [0.25, 0.3) is 10.9 Å². The topological polar surface area (TPSA) is 76.8 Å². The summed E-state index contributed by atoms with van der Waals surface area (Å²) < 4.78 is 15.7. The average Bonchev–Trinajstić information content (AvgIpc) is 3.31. The van der Waals surface area contributed by atoms with Gasteiger partial charge in [0, 0.05) is 31.6 Å². The highest BCUT2D eigenvalue weighted by Gasteiger charge is 2.15. The van der Waals surface area contributed by atoms with Crippen LogP contribution in [0.15, 0.2) is 59.3 Å². The largest absolute Gasteiger partial charge is 0.493 e. The van der Waals surface area contributed by atoms with Crippen molar-refractivity contribution in [2.24, 2.45) is 0 Å². The Morgan fingerprint density at radius 3 is 2.44 bits per heavy atom. The lowest BCUT2D eigenvalue weighted by molar-refractivity contribution is 0.297. The van der Waals surface area contributed by atoms with E-state index in [2.05, 4.69) is 21.0 Å². The Hall–Kier alpha value is -3.65. The van der Waals surface area contributed by atoms with E-state index in [4.69, 9.17) is 24.0 Å². The summed E-state index contributed by atoms with van der Waals surface area (Å²) in [5.41, 5.74) is 2.89. The first-order chi connectivity index (χ1) is 15.6. The number of para-hydroxylation sites is 1. The summed E-state index contributed by atoms with van der Waals surface area (Å²) in [4.78, 5) is 13.9. The van der Waals surface area contributed by atoms with E-state index in [9.17, 15) is 0 Å². The fourth-order valence-corrected chi connectivity index (χ4v) is 3.69. The molecule has 0 fully saturated rings. The molecule has 166 valence electrons. The van der Waals surface area contributed by atoms with Gasteiger partial charge >= 0.3 is 0 Å². The van der Waals surface area contributed by atoms with Crippen molar-refractivity contribution in [3.63, 3.8) is 0 Å². The molecule has 0 radical (unpaired) electrons. The molecule has 0 spiro atoms. The predicted molar refractivity (Wildman–Crippen MR) is 123 cm³/mol. The van der Waals surface area contributed by atoms with Crippen molar-refractivity contribution in [2.75, 3.05) is 33.2 Å². The Labute approximate surface area is 187 Å². The van der Waals surface area contributed by atoms with Gasteiger partial charge in [0.2, 0.25) is 0 Å². The molecule has 0 saturated carbocycles. The van der Waals surface area contributed by atoms with Crippen LogP contribution in [0.3, 0.4) is 0 Å². The maximum atomic E-state index is 5.45. The Bertz CT molecular complexity index is 1180. The van der Waals surface area contributed by atoms with Crippen LogP contribution >= 0.6 is 0 Å². The molecule has 4 rings (SSSR count). The number of anilines is 1. The third-order valence-corrected chi connectivity index (χ3v) is 5.19. The highest BCUT2D eigenvalue weighted by molar-refractivity contribution is 5.89. The summed E-state index contributed by atoms with van der Waals surface area (Å²) in [5, 5.41) is 4.99. The molecule has 0 atom stereocenters. The van der Waals surface area contributed by atoms with Crippen LogP contribution in [0.1, 0.15) is 17.1 Å². The molecule has 2 aromatic carbocycles. The average molecular weight is 434 g/mol. The van der Waals surface area contributed by atoms with Gasteiger partial charge in [-0.2, -0.15) is 0 Å². The Kier molecular flexibility index (Phi) is 6.51. The van der Waals surface area contributed by atoms with Crippen molar-refractivity contribution in [3.05, 3.63) is 71.9 Å². The van der Waals surface area contributed by atoms with E-state index < -0.39 is 0 Å². The van der Waals surface area contributed by atoms with E-state index >= 15 is 0 Å². The van der Waals surface area contributed by atoms with E-state index in [0.29, 0.717) is 31.1 Å². The first kappa shape index (κ1) is 21.6. The van der Waals surface area contributed by atoms with E-state index in [1.807, 2.05) is 56.6 Å². The molecular formula is C24H27N5O3. The van der Waals surface area contributed by atoms with Crippen molar-refractivity contribution in [1.29, 1.82) is 0 Å². The summed E-state index contributed by atoms with van der Waals surface area (Å²) in [5.74, 6) is 3.06. The summed E-state index contributed by atoms with van der Waals surface area (Å²) in [7, 11) is 7.33. The van der Waals surface area contributed by atoms with Gasteiger partial charge in [-0.05, 0) is 36.9 Å². The SMILES string of the molecule is COc1ccc(CN(C)c2nc(CN(C)Cc3ccon3)nc3ccccc23)cc1OC. The standard InChI is InChI=1S/C24H27N5O3/c1-28(15-18-11-12-32-27-18)16-23-25-20-8-6-5-7-19(20)24(26-23)29(2)14-17-9-10-21(30-3)22(13-17)31-4/h5-13H,14-16H2,1-4H3. The first-order valence-electron chi connectivity index (χ1n) is 10.3. The lowest BCUT2D eigenvalue weighted by atomic mass is 10.1. The monoisotopic (exact) mass is 433 g/mol. The molecule has 32 heavy (non-hydrogen) atoms. The van der Waals surface area contributed by atoms with Crippen molar-refractivity contribution >= 4 is 16.7 Å². The number of fused-ring (bicyclic) bond motifs is 1. The molecule has 0 unspecified atom stereocenters. The van der Waals surface area contributed by atoms with E-state index in [-0.39, 0.29) is 0 Å². The van der Waals surface area contributed by atoms with Crippen LogP contribution in [-0.2, 0) is 19.6 Å². The van der Waals surface area contributed by atoms with Gasteiger partial charge in [0.25, 0.3) is 0 Å². The Morgan fingerprint density at radius 2 is 1.69 bits per heavy atom. The van der Waals surface area contributed by atoms with Crippen molar-refractivity contribution < 1.29 is 14.0 Å². The van der Waals surface area contributed by atoms with Gasteiger partial charge in [0.15, 0.2) is 11.5 Å². The van der Waals surface area contributed by atoms with Crippen molar-refractivity contribution in [1.82, 2.24) is 20.0 Å². The van der Waals surface area contributed by atoms with Gasteiger partial charge < -0.3 is 18.9 Å².